The van der Waals surface area contributed by atoms with Crippen molar-refractivity contribution in [2.24, 2.45) is 11.8 Å². The van der Waals surface area contributed by atoms with Crippen LogP contribution in [-0.4, -0.2) is 93.7 Å². The molecule has 1 saturated heterocycles. The minimum absolute atomic E-state index is 0.0927. The molecule has 0 radical (unpaired) electrons. The molecule has 3 unspecified atom stereocenters. The van der Waals surface area contributed by atoms with E-state index in [-0.39, 0.29) is 57.6 Å². The van der Waals surface area contributed by atoms with Crippen molar-refractivity contribution in [2.45, 2.75) is 188 Å². The molecule has 0 aromatic heterocycles. The summed E-state index contributed by atoms with van der Waals surface area (Å²) < 4.78 is 40.5. The molecule has 61 heavy (non-hydrogen) atoms. The van der Waals surface area contributed by atoms with Crippen molar-refractivity contribution in [1.29, 1.82) is 0 Å². The SMILES string of the molecule is CC/C=C\CCCCOC(CC)(OCCCC/C=C\CC)C(=O)OC(OC(=O)OCC1CCCN(CC)C1)C(C)COC(=O)CCCCC(=O)OCCC/C=C\CCCCC. The lowest BCUT2D eigenvalue weighted by molar-refractivity contribution is -0.266. The quantitative estimate of drug-likeness (QED) is 0.0193. The minimum Gasteiger partial charge on any atom is -0.466 e. The van der Waals surface area contributed by atoms with Gasteiger partial charge >= 0.3 is 24.1 Å². The lowest BCUT2D eigenvalue weighted by Crippen LogP contribution is -2.48. The molecule has 1 aliphatic heterocycles. The van der Waals surface area contributed by atoms with E-state index in [2.05, 4.69) is 69.1 Å². The van der Waals surface area contributed by atoms with Gasteiger partial charge in [0.1, 0.15) is 6.61 Å². The van der Waals surface area contributed by atoms with Crippen LogP contribution in [0.15, 0.2) is 36.5 Å². The highest BCUT2D eigenvalue weighted by Crippen LogP contribution is 2.26. The van der Waals surface area contributed by atoms with Crippen LogP contribution in [0.1, 0.15) is 176 Å². The van der Waals surface area contributed by atoms with Gasteiger partial charge in [-0.2, -0.15) is 0 Å². The van der Waals surface area contributed by atoms with Crippen molar-refractivity contribution >= 4 is 24.1 Å². The summed E-state index contributed by atoms with van der Waals surface area (Å²) in [4.78, 5) is 54.5. The number of allylic oxidation sites excluding steroid dienone is 6. The second kappa shape index (κ2) is 37.3. The molecule has 0 saturated carbocycles. The Kier molecular flexibility index (Phi) is 34.2. The Hall–Kier alpha value is -3.22. The van der Waals surface area contributed by atoms with Gasteiger partial charge in [0, 0.05) is 31.7 Å². The third-order valence-corrected chi connectivity index (χ3v) is 10.6. The van der Waals surface area contributed by atoms with E-state index in [1.807, 2.05) is 0 Å². The Labute approximate surface area is 369 Å². The molecule has 1 fully saturated rings. The van der Waals surface area contributed by atoms with Gasteiger partial charge in [-0.3, -0.25) is 9.59 Å². The van der Waals surface area contributed by atoms with Crippen molar-refractivity contribution < 1.29 is 52.3 Å². The second-order valence-electron chi connectivity index (χ2n) is 16.1. The van der Waals surface area contributed by atoms with Crippen LogP contribution in [0.5, 0.6) is 0 Å². The molecule has 1 aliphatic rings. The first-order valence-corrected chi connectivity index (χ1v) is 23.9. The van der Waals surface area contributed by atoms with Gasteiger partial charge in [0.15, 0.2) is 0 Å². The molecular weight excluding hydrogens is 779 g/mol. The monoisotopic (exact) mass is 864 g/mol. The van der Waals surface area contributed by atoms with E-state index in [4.69, 9.17) is 33.2 Å². The summed E-state index contributed by atoms with van der Waals surface area (Å²) in [6, 6.07) is 0. The molecule has 12 heteroatoms. The number of piperidine rings is 1. The Morgan fingerprint density at radius 1 is 0.656 bits per heavy atom. The number of nitrogens with zero attached hydrogens (tertiary/aromatic N) is 1. The summed E-state index contributed by atoms with van der Waals surface area (Å²) in [6.45, 7) is 15.6. The highest BCUT2D eigenvalue weighted by Gasteiger charge is 2.44. The lowest BCUT2D eigenvalue weighted by atomic mass is 9.99. The summed E-state index contributed by atoms with van der Waals surface area (Å²) in [7, 11) is 0. The normalized spacial score (nSPS) is 15.9. The molecule has 1 heterocycles. The fourth-order valence-corrected chi connectivity index (χ4v) is 6.74. The smallest absolute Gasteiger partial charge is 0.466 e. The average Bonchev–Trinajstić information content (AvgIpc) is 3.26. The molecule has 12 nitrogen and oxygen atoms in total. The third-order valence-electron chi connectivity index (χ3n) is 10.6. The molecule has 1 rings (SSSR count). The predicted octanol–water partition coefficient (Wildman–Crippen LogP) is 11.4. The number of carbonyl (C=O) groups is 4. The van der Waals surface area contributed by atoms with Crippen LogP contribution in [0.3, 0.4) is 0 Å². The van der Waals surface area contributed by atoms with Gasteiger partial charge in [0.25, 0.3) is 12.1 Å². The maximum atomic E-state index is 14.1. The van der Waals surface area contributed by atoms with E-state index in [1.165, 1.54) is 19.3 Å². The zero-order valence-corrected chi connectivity index (χ0v) is 39.1. The molecule has 0 aliphatic carbocycles. The first-order chi connectivity index (χ1) is 29.6. The Balaban J connectivity index is 2.88. The van der Waals surface area contributed by atoms with E-state index in [0.717, 1.165) is 90.3 Å². The van der Waals surface area contributed by atoms with Crippen molar-refractivity contribution in [3.05, 3.63) is 36.5 Å². The molecule has 0 N–H and O–H groups in total. The molecule has 0 amide bonds. The predicted molar refractivity (Wildman–Crippen MR) is 241 cm³/mol. The van der Waals surface area contributed by atoms with E-state index in [9.17, 15) is 19.2 Å². The molecule has 3 atom stereocenters. The first kappa shape index (κ1) is 55.8. The van der Waals surface area contributed by atoms with Crippen LogP contribution in [0.4, 0.5) is 4.79 Å². The topological polar surface area (TPSA) is 136 Å². The molecule has 0 spiro atoms. The Bertz CT molecular complexity index is 1210. The molecule has 0 aromatic rings. The van der Waals surface area contributed by atoms with Crippen molar-refractivity contribution in [3.8, 4) is 0 Å². The number of hydrogen-bond donors (Lipinski definition) is 0. The Morgan fingerprint density at radius 2 is 1.23 bits per heavy atom. The minimum atomic E-state index is -1.72. The van der Waals surface area contributed by atoms with Gasteiger partial charge in [-0.15, -0.1) is 0 Å². The van der Waals surface area contributed by atoms with E-state index in [0.29, 0.717) is 32.3 Å². The zero-order chi connectivity index (χ0) is 44.8. The van der Waals surface area contributed by atoms with Gasteiger partial charge < -0.3 is 38.1 Å². The van der Waals surface area contributed by atoms with Gasteiger partial charge in [-0.25, -0.2) is 9.59 Å². The highest BCUT2D eigenvalue weighted by atomic mass is 16.8. The van der Waals surface area contributed by atoms with Crippen LogP contribution in [-0.2, 0) is 47.5 Å². The van der Waals surface area contributed by atoms with E-state index >= 15 is 0 Å². The first-order valence-electron chi connectivity index (χ1n) is 23.9. The number of esters is 3. The number of carbonyl (C=O) groups excluding carboxylic acids is 4. The fourth-order valence-electron chi connectivity index (χ4n) is 6.74. The van der Waals surface area contributed by atoms with Gasteiger partial charge in [0.2, 0.25) is 0 Å². The number of hydrogen-bond acceptors (Lipinski definition) is 12. The van der Waals surface area contributed by atoms with Crippen LogP contribution in [0.2, 0.25) is 0 Å². The van der Waals surface area contributed by atoms with Crippen LogP contribution < -0.4 is 0 Å². The summed E-state index contributed by atoms with van der Waals surface area (Å²) >= 11 is 0. The number of unbranched alkanes of at least 4 members (excludes halogenated alkanes) is 9. The summed E-state index contributed by atoms with van der Waals surface area (Å²) in [5.41, 5.74) is 0. The summed E-state index contributed by atoms with van der Waals surface area (Å²) in [5, 5.41) is 0. The Morgan fingerprint density at radius 3 is 1.80 bits per heavy atom. The molecule has 0 bridgehead atoms. The van der Waals surface area contributed by atoms with Crippen molar-refractivity contribution in [3.63, 3.8) is 0 Å². The standard InChI is InChI=1S/C49H85NO11/c1-7-12-15-18-21-22-23-28-36-55-44(51)33-26-27-34-45(52)56-40-42(6)46(61-48(54)57-41-43-32-31-35-50(11-5)39-43)60-47(53)49(10-4,58-37-29-24-19-16-13-8-2)59-38-30-25-20-17-14-9-3/h13-14,16-17,21-22,42-43,46H,7-12,15,18-20,23-41H2,1-6H3/b16-13-,17-14-,22-21-. The zero-order valence-electron chi connectivity index (χ0n) is 39.1. The van der Waals surface area contributed by atoms with Crippen molar-refractivity contribution in [1.82, 2.24) is 4.90 Å². The maximum Gasteiger partial charge on any atom is 0.511 e. The summed E-state index contributed by atoms with van der Waals surface area (Å²) in [6.07, 6.45) is 27.2. The second-order valence-corrected chi connectivity index (χ2v) is 16.1. The van der Waals surface area contributed by atoms with Crippen LogP contribution >= 0.6 is 0 Å². The number of rotatable bonds is 37. The molecule has 0 aromatic carbocycles. The maximum absolute atomic E-state index is 14.1. The van der Waals surface area contributed by atoms with Gasteiger partial charge in [-0.1, -0.05) is 90.8 Å². The highest BCUT2D eigenvalue weighted by molar-refractivity contribution is 5.78. The van der Waals surface area contributed by atoms with E-state index < -0.39 is 36.1 Å². The summed E-state index contributed by atoms with van der Waals surface area (Å²) in [5.74, 6) is -3.89. The lowest BCUT2D eigenvalue weighted by Gasteiger charge is -2.33. The van der Waals surface area contributed by atoms with Crippen LogP contribution in [0, 0.1) is 11.8 Å². The van der Waals surface area contributed by atoms with Crippen LogP contribution in [0.25, 0.3) is 0 Å². The molecular formula is C49H85NO11. The van der Waals surface area contributed by atoms with Crippen molar-refractivity contribution in [2.75, 3.05) is 52.7 Å². The largest absolute Gasteiger partial charge is 0.511 e. The number of ether oxygens (including phenoxy) is 7. The fraction of sp³-hybridized carbons (Fsp3) is 0.796. The molecule has 352 valence electrons. The van der Waals surface area contributed by atoms with Gasteiger partial charge in [-0.05, 0) is 116 Å². The van der Waals surface area contributed by atoms with Gasteiger partial charge in [0.05, 0.1) is 32.3 Å². The number of likely N-dealkylation sites (tertiary alicyclic amines) is 1. The average molecular weight is 864 g/mol. The third kappa shape index (κ3) is 28.2. The van der Waals surface area contributed by atoms with E-state index in [1.54, 1.807) is 13.8 Å².